The van der Waals surface area contributed by atoms with E-state index in [1.54, 1.807) is 14.2 Å². The maximum Gasteiger partial charge on any atom is 0.0630 e. The van der Waals surface area contributed by atoms with Crippen molar-refractivity contribution in [3.63, 3.8) is 0 Å². The molecule has 1 N–H and O–H groups in total. The van der Waals surface area contributed by atoms with Crippen molar-refractivity contribution in [3.05, 3.63) is 0 Å². The summed E-state index contributed by atoms with van der Waals surface area (Å²) in [5.41, 5.74) is 0. The molecule has 0 aromatic carbocycles. The standard InChI is InChI=1S/C11H26N2O2/c1-10(2)13(6-7-14-4)11(8-12-3)9-15-5/h10-12H,6-9H2,1-5H3. The van der Waals surface area contributed by atoms with Gasteiger partial charge < -0.3 is 14.8 Å². The van der Waals surface area contributed by atoms with Gasteiger partial charge in [0.15, 0.2) is 0 Å². The molecule has 0 rings (SSSR count). The lowest BCUT2D eigenvalue weighted by Crippen LogP contribution is -2.49. The molecule has 0 aliphatic carbocycles. The molecule has 4 nitrogen and oxygen atoms in total. The molecule has 0 heterocycles. The van der Waals surface area contributed by atoms with E-state index in [4.69, 9.17) is 9.47 Å². The fourth-order valence-electron chi connectivity index (χ4n) is 1.76. The van der Waals surface area contributed by atoms with Crippen molar-refractivity contribution in [2.75, 3.05) is 47.6 Å². The normalized spacial score (nSPS) is 13.8. The monoisotopic (exact) mass is 218 g/mol. The van der Waals surface area contributed by atoms with Gasteiger partial charge in [-0.3, -0.25) is 4.90 Å². The molecule has 0 radical (unpaired) electrons. The highest BCUT2D eigenvalue weighted by Gasteiger charge is 2.19. The van der Waals surface area contributed by atoms with Crippen molar-refractivity contribution in [1.82, 2.24) is 10.2 Å². The lowest BCUT2D eigenvalue weighted by molar-refractivity contribution is 0.0493. The quantitative estimate of drug-likeness (QED) is 0.614. The Morgan fingerprint density at radius 1 is 1.20 bits per heavy atom. The summed E-state index contributed by atoms with van der Waals surface area (Å²) in [6.45, 7) is 7.81. The largest absolute Gasteiger partial charge is 0.383 e. The summed E-state index contributed by atoms with van der Waals surface area (Å²) in [5, 5.41) is 3.20. The molecule has 0 aliphatic heterocycles. The minimum atomic E-state index is 0.412. The number of hydrogen-bond donors (Lipinski definition) is 1. The van der Waals surface area contributed by atoms with Crippen molar-refractivity contribution in [3.8, 4) is 0 Å². The van der Waals surface area contributed by atoms with Crippen LogP contribution < -0.4 is 5.32 Å². The van der Waals surface area contributed by atoms with Crippen molar-refractivity contribution < 1.29 is 9.47 Å². The highest BCUT2D eigenvalue weighted by Crippen LogP contribution is 2.05. The second-order valence-electron chi connectivity index (χ2n) is 3.99. The Hall–Kier alpha value is -0.160. The van der Waals surface area contributed by atoms with Crippen LogP contribution in [0.2, 0.25) is 0 Å². The van der Waals surface area contributed by atoms with E-state index in [9.17, 15) is 0 Å². The minimum Gasteiger partial charge on any atom is -0.383 e. The Bertz CT molecular complexity index is 137. The van der Waals surface area contributed by atoms with E-state index in [1.807, 2.05) is 7.05 Å². The number of rotatable bonds is 9. The van der Waals surface area contributed by atoms with E-state index in [0.29, 0.717) is 12.1 Å². The molecular formula is C11H26N2O2. The summed E-state index contributed by atoms with van der Waals surface area (Å²) >= 11 is 0. The number of nitrogens with zero attached hydrogens (tertiary/aromatic N) is 1. The molecule has 0 spiro atoms. The Kier molecular flexibility index (Phi) is 9.00. The van der Waals surface area contributed by atoms with Gasteiger partial charge in [0, 0.05) is 39.4 Å². The van der Waals surface area contributed by atoms with Gasteiger partial charge in [0.25, 0.3) is 0 Å². The van der Waals surface area contributed by atoms with Gasteiger partial charge in [-0.2, -0.15) is 0 Å². The van der Waals surface area contributed by atoms with Crippen LogP contribution in [0, 0.1) is 0 Å². The number of ether oxygens (including phenoxy) is 2. The van der Waals surface area contributed by atoms with Crippen LogP contribution in [0.5, 0.6) is 0 Å². The highest BCUT2D eigenvalue weighted by molar-refractivity contribution is 4.76. The minimum absolute atomic E-state index is 0.412. The van der Waals surface area contributed by atoms with Gasteiger partial charge in [-0.25, -0.2) is 0 Å². The zero-order chi connectivity index (χ0) is 11.7. The molecule has 0 aliphatic rings. The average molecular weight is 218 g/mol. The van der Waals surface area contributed by atoms with Crippen LogP contribution >= 0.6 is 0 Å². The maximum absolute atomic E-state index is 5.25. The summed E-state index contributed by atoms with van der Waals surface area (Å²) in [5.74, 6) is 0. The Morgan fingerprint density at radius 3 is 2.27 bits per heavy atom. The van der Waals surface area contributed by atoms with Crippen LogP contribution in [-0.2, 0) is 9.47 Å². The van der Waals surface area contributed by atoms with Crippen LogP contribution in [0.4, 0.5) is 0 Å². The third-order valence-electron chi connectivity index (χ3n) is 2.48. The lowest BCUT2D eigenvalue weighted by atomic mass is 10.2. The van der Waals surface area contributed by atoms with Crippen LogP contribution in [0.15, 0.2) is 0 Å². The van der Waals surface area contributed by atoms with Crippen molar-refractivity contribution >= 4 is 0 Å². The molecule has 0 aromatic heterocycles. The van der Waals surface area contributed by atoms with E-state index >= 15 is 0 Å². The van der Waals surface area contributed by atoms with E-state index in [0.717, 1.165) is 26.3 Å². The molecule has 0 saturated heterocycles. The maximum atomic E-state index is 5.25. The fourth-order valence-corrected chi connectivity index (χ4v) is 1.76. The zero-order valence-corrected chi connectivity index (χ0v) is 10.7. The first-order valence-corrected chi connectivity index (χ1v) is 5.55. The average Bonchev–Trinajstić information content (AvgIpc) is 2.18. The predicted octanol–water partition coefficient (Wildman–Crippen LogP) is 0.578. The molecule has 15 heavy (non-hydrogen) atoms. The van der Waals surface area contributed by atoms with E-state index < -0.39 is 0 Å². The number of methoxy groups -OCH3 is 2. The van der Waals surface area contributed by atoms with Gasteiger partial charge in [-0.05, 0) is 20.9 Å². The molecule has 1 atom stereocenters. The Labute approximate surface area is 93.9 Å². The van der Waals surface area contributed by atoms with Crippen LogP contribution in [-0.4, -0.2) is 64.6 Å². The van der Waals surface area contributed by atoms with E-state index in [1.165, 1.54) is 0 Å². The molecule has 92 valence electrons. The van der Waals surface area contributed by atoms with Crippen molar-refractivity contribution in [2.24, 2.45) is 0 Å². The second kappa shape index (κ2) is 9.09. The second-order valence-corrected chi connectivity index (χ2v) is 3.99. The topological polar surface area (TPSA) is 33.7 Å². The van der Waals surface area contributed by atoms with Gasteiger partial charge in [0.2, 0.25) is 0 Å². The molecule has 0 aromatic rings. The molecule has 0 fully saturated rings. The van der Waals surface area contributed by atoms with E-state index in [2.05, 4.69) is 24.1 Å². The molecule has 0 amide bonds. The molecular weight excluding hydrogens is 192 g/mol. The van der Waals surface area contributed by atoms with Gasteiger partial charge in [-0.15, -0.1) is 0 Å². The summed E-state index contributed by atoms with van der Waals surface area (Å²) in [4.78, 5) is 2.41. The molecule has 1 unspecified atom stereocenters. The first-order chi connectivity index (χ1) is 7.17. The predicted molar refractivity (Wildman–Crippen MR) is 63.3 cm³/mol. The first-order valence-electron chi connectivity index (χ1n) is 5.55. The number of nitrogens with one attached hydrogen (secondary N) is 1. The summed E-state index contributed by atoms with van der Waals surface area (Å²) in [6, 6.07) is 0.920. The molecule has 0 bridgehead atoms. The van der Waals surface area contributed by atoms with Crippen molar-refractivity contribution in [1.29, 1.82) is 0 Å². The third kappa shape index (κ3) is 6.10. The first kappa shape index (κ1) is 14.8. The smallest absolute Gasteiger partial charge is 0.0630 e. The highest BCUT2D eigenvalue weighted by atomic mass is 16.5. The lowest BCUT2D eigenvalue weighted by Gasteiger charge is -2.34. The summed E-state index contributed by atoms with van der Waals surface area (Å²) in [7, 11) is 5.46. The Balaban J connectivity index is 4.23. The van der Waals surface area contributed by atoms with Gasteiger partial charge in [0.1, 0.15) is 0 Å². The fraction of sp³-hybridized carbons (Fsp3) is 1.00. The van der Waals surface area contributed by atoms with Gasteiger partial charge in [0.05, 0.1) is 13.2 Å². The molecule has 4 heteroatoms. The Morgan fingerprint density at radius 2 is 1.87 bits per heavy atom. The van der Waals surface area contributed by atoms with Gasteiger partial charge >= 0.3 is 0 Å². The summed E-state index contributed by atoms with van der Waals surface area (Å²) in [6.07, 6.45) is 0. The summed E-state index contributed by atoms with van der Waals surface area (Å²) < 4.78 is 10.4. The molecule has 0 saturated carbocycles. The van der Waals surface area contributed by atoms with Crippen LogP contribution in [0.1, 0.15) is 13.8 Å². The zero-order valence-electron chi connectivity index (χ0n) is 10.7. The third-order valence-corrected chi connectivity index (χ3v) is 2.48. The SMILES string of the molecule is CNCC(COC)N(CCOC)C(C)C. The number of likely N-dealkylation sites (N-methyl/N-ethyl adjacent to an activating group) is 1. The van der Waals surface area contributed by atoms with E-state index in [-0.39, 0.29) is 0 Å². The van der Waals surface area contributed by atoms with Crippen LogP contribution in [0.3, 0.4) is 0 Å². The van der Waals surface area contributed by atoms with Gasteiger partial charge in [-0.1, -0.05) is 0 Å². The van der Waals surface area contributed by atoms with Crippen molar-refractivity contribution in [2.45, 2.75) is 25.9 Å². The van der Waals surface area contributed by atoms with Crippen LogP contribution in [0.25, 0.3) is 0 Å². The number of hydrogen-bond acceptors (Lipinski definition) is 4.